The fourth-order valence-corrected chi connectivity index (χ4v) is 2.44. The number of fused-ring (bicyclic) bond motifs is 1. The minimum absolute atomic E-state index is 0.0802. The third kappa shape index (κ3) is 6.05. The summed E-state index contributed by atoms with van der Waals surface area (Å²) in [5.74, 6) is 0. The summed E-state index contributed by atoms with van der Waals surface area (Å²) in [7, 11) is 1.64. The number of aromatic nitrogens is 1. The first-order valence-corrected chi connectivity index (χ1v) is 8.97. The monoisotopic (exact) mass is 390 g/mol. The molecule has 1 heterocycles. The number of carbonyl (C=O) groups is 1. The topological polar surface area (TPSA) is 107 Å². The van der Waals surface area contributed by atoms with Crippen molar-refractivity contribution in [2.24, 2.45) is 0 Å². The third-order valence-corrected chi connectivity index (χ3v) is 3.78. The second-order valence-corrected chi connectivity index (χ2v) is 7.23. The fraction of sp³-hybridized carbons (Fsp3) is 0.474. The molecule has 1 aromatic heterocycles. The first-order valence-electron chi connectivity index (χ1n) is 8.97. The van der Waals surface area contributed by atoms with Gasteiger partial charge in [0.1, 0.15) is 17.5 Å². The third-order valence-electron chi connectivity index (χ3n) is 3.78. The highest BCUT2D eigenvalue weighted by Crippen LogP contribution is 2.31. The van der Waals surface area contributed by atoms with Gasteiger partial charge in [-0.05, 0) is 26.8 Å². The molecular formula is C19H26N4O5. The molecule has 1 aromatic carbocycles. The molecule has 0 bridgehead atoms. The SMILES string of the molecule is CN(CCOCCNc1c([N+](=O)[O-])cnc2ccccc12)C(=O)OC(C)(C)C. The number of pyridine rings is 1. The molecule has 9 nitrogen and oxygen atoms in total. The van der Waals surface area contributed by atoms with E-state index >= 15 is 0 Å². The second kappa shape index (κ2) is 9.32. The van der Waals surface area contributed by atoms with Gasteiger partial charge in [0.15, 0.2) is 0 Å². The lowest BCUT2D eigenvalue weighted by atomic mass is 10.1. The summed E-state index contributed by atoms with van der Waals surface area (Å²) in [6, 6.07) is 7.22. The number of likely N-dealkylation sites (N-methyl/N-ethyl adjacent to an activating group) is 1. The van der Waals surface area contributed by atoms with Gasteiger partial charge in [-0.1, -0.05) is 18.2 Å². The Bertz CT molecular complexity index is 835. The van der Waals surface area contributed by atoms with Crippen LogP contribution in [0.1, 0.15) is 20.8 Å². The van der Waals surface area contributed by atoms with E-state index < -0.39 is 16.6 Å². The molecule has 0 aliphatic carbocycles. The Morgan fingerprint density at radius 2 is 2.00 bits per heavy atom. The van der Waals surface area contributed by atoms with Crippen LogP contribution in [0.4, 0.5) is 16.2 Å². The zero-order chi connectivity index (χ0) is 20.7. The normalized spacial score (nSPS) is 11.3. The Labute approximate surface area is 163 Å². The van der Waals surface area contributed by atoms with Crippen molar-refractivity contribution in [2.45, 2.75) is 26.4 Å². The number of rotatable bonds is 8. The van der Waals surface area contributed by atoms with E-state index in [-0.39, 0.29) is 5.69 Å². The Kier molecular flexibility index (Phi) is 7.11. The quantitative estimate of drug-likeness (QED) is 0.418. The predicted octanol–water partition coefficient (Wildman–Crippen LogP) is 3.44. The van der Waals surface area contributed by atoms with Crippen molar-refractivity contribution in [2.75, 3.05) is 38.7 Å². The van der Waals surface area contributed by atoms with Gasteiger partial charge >= 0.3 is 11.8 Å². The molecule has 0 unspecified atom stereocenters. The molecule has 28 heavy (non-hydrogen) atoms. The first-order chi connectivity index (χ1) is 13.2. The van der Waals surface area contributed by atoms with Crippen LogP contribution in [0.3, 0.4) is 0 Å². The van der Waals surface area contributed by atoms with E-state index in [9.17, 15) is 14.9 Å². The zero-order valence-corrected chi connectivity index (χ0v) is 16.6. The maximum atomic E-state index is 11.9. The average molecular weight is 390 g/mol. The molecule has 0 aliphatic rings. The van der Waals surface area contributed by atoms with E-state index in [2.05, 4.69) is 10.3 Å². The van der Waals surface area contributed by atoms with Gasteiger partial charge in [-0.15, -0.1) is 0 Å². The van der Waals surface area contributed by atoms with Crippen molar-refractivity contribution in [3.8, 4) is 0 Å². The molecule has 0 radical (unpaired) electrons. The number of nitrogens with one attached hydrogen (secondary N) is 1. The second-order valence-electron chi connectivity index (χ2n) is 7.23. The van der Waals surface area contributed by atoms with Gasteiger partial charge in [-0.3, -0.25) is 10.1 Å². The summed E-state index contributed by atoms with van der Waals surface area (Å²) in [5.41, 5.74) is 0.474. The summed E-state index contributed by atoms with van der Waals surface area (Å²) in [6.45, 7) is 6.85. The van der Waals surface area contributed by atoms with Crippen molar-refractivity contribution in [1.82, 2.24) is 9.88 Å². The molecule has 1 amide bonds. The minimum atomic E-state index is -0.543. The van der Waals surface area contributed by atoms with E-state index in [1.54, 1.807) is 19.2 Å². The Morgan fingerprint density at radius 3 is 2.68 bits per heavy atom. The number of ether oxygens (including phenoxy) is 2. The summed E-state index contributed by atoms with van der Waals surface area (Å²) in [5, 5.41) is 15.0. The lowest BCUT2D eigenvalue weighted by Crippen LogP contribution is -2.36. The van der Waals surface area contributed by atoms with Gasteiger partial charge in [0, 0.05) is 25.5 Å². The van der Waals surface area contributed by atoms with Crippen molar-refractivity contribution < 1.29 is 19.2 Å². The smallest absolute Gasteiger partial charge is 0.410 e. The molecule has 0 spiro atoms. The first kappa shape index (κ1) is 21.4. The number of hydrogen-bond donors (Lipinski definition) is 1. The summed E-state index contributed by atoms with van der Waals surface area (Å²) in [6.07, 6.45) is 0.842. The largest absolute Gasteiger partial charge is 0.444 e. The fourth-order valence-electron chi connectivity index (χ4n) is 2.44. The van der Waals surface area contributed by atoms with Crippen LogP contribution in [-0.2, 0) is 9.47 Å². The Balaban J connectivity index is 1.83. The summed E-state index contributed by atoms with van der Waals surface area (Å²) >= 11 is 0. The summed E-state index contributed by atoms with van der Waals surface area (Å²) < 4.78 is 10.8. The maximum Gasteiger partial charge on any atom is 0.410 e. The van der Waals surface area contributed by atoms with Crippen molar-refractivity contribution >= 4 is 28.4 Å². The lowest BCUT2D eigenvalue weighted by molar-refractivity contribution is -0.384. The van der Waals surface area contributed by atoms with Gasteiger partial charge in [0.25, 0.3) is 0 Å². The number of para-hydroxylation sites is 1. The van der Waals surface area contributed by atoms with Crippen LogP contribution in [0, 0.1) is 10.1 Å². The molecule has 9 heteroatoms. The van der Waals surface area contributed by atoms with E-state index in [0.717, 1.165) is 0 Å². The molecule has 0 aliphatic heterocycles. The van der Waals surface area contributed by atoms with Crippen LogP contribution < -0.4 is 5.32 Å². The van der Waals surface area contributed by atoms with Gasteiger partial charge in [0.2, 0.25) is 0 Å². The maximum absolute atomic E-state index is 11.9. The molecule has 2 aromatic rings. The highest BCUT2D eigenvalue weighted by molar-refractivity contribution is 5.95. The van der Waals surface area contributed by atoms with Crippen LogP contribution in [0.2, 0.25) is 0 Å². The van der Waals surface area contributed by atoms with Crippen LogP contribution in [0.25, 0.3) is 10.9 Å². The Hall–Kier alpha value is -2.94. The minimum Gasteiger partial charge on any atom is -0.444 e. The predicted molar refractivity (Wildman–Crippen MR) is 107 cm³/mol. The van der Waals surface area contributed by atoms with Crippen LogP contribution in [0.15, 0.2) is 30.5 Å². The number of nitrogens with zero attached hydrogens (tertiary/aromatic N) is 3. The number of hydrogen-bond acceptors (Lipinski definition) is 7. The van der Waals surface area contributed by atoms with Gasteiger partial charge in [-0.25, -0.2) is 9.78 Å². The number of benzene rings is 1. The van der Waals surface area contributed by atoms with E-state index in [4.69, 9.17) is 9.47 Å². The van der Waals surface area contributed by atoms with E-state index in [1.165, 1.54) is 11.1 Å². The highest BCUT2D eigenvalue weighted by Gasteiger charge is 2.19. The molecule has 0 fully saturated rings. The molecule has 152 valence electrons. The molecule has 2 rings (SSSR count). The van der Waals surface area contributed by atoms with E-state index in [0.29, 0.717) is 42.9 Å². The zero-order valence-electron chi connectivity index (χ0n) is 16.6. The average Bonchev–Trinajstić information content (AvgIpc) is 2.62. The molecule has 0 saturated carbocycles. The van der Waals surface area contributed by atoms with Crippen molar-refractivity contribution in [3.05, 3.63) is 40.6 Å². The summed E-state index contributed by atoms with van der Waals surface area (Å²) in [4.78, 5) is 28.2. The van der Waals surface area contributed by atoms with Crippen LogP contribution >= 0.6 is 0 Å². The van der Waals surface area contributed by atoms with Gasteiger partial charge < -0.3 is 19.7 Å². The molecule has 1 N–H and O–H groups in total. The van der Waals surface area contributed by atoms with Crippen molar-refractivity contribution in [1.29, 1.82) is 0 Å². The number of nitro groups is 1. The van der Waals surface area contributed by atoms with Gasteiger partial charge in [-0.2, -0.15) is 0 Å². The number of amides is 1. The van der Waals surface area contributed by atoms with Gasteiger partial charge in [0.05, 0.1) is 23.7 Å². The van der Waals surface area contributed by atoms with Crippen molar-refractivity contribution in [3.63, 3.8) is 0 Å². The lowest BCUT2D eigenvalue weighted by Gasteiger charge is -2.24. The molecule has 0 saturated heterocycles. The number of anilines is 1. The van der Waals surface area contributed by atoms with Crippen LogP contribution in [-0.4, -0.2) is 59.9 Å². The molecule has 0 atom stereocenters. The Morgan fingerprint density at radius 1 is 1.29 bits per heavy atom. The molecular weight excluding hydrogens is 364 g/mol. The highest BCUT2D eigenvalue weighted by atomic mass is 16.6. The van der Waals surface area contributed by atoms with E-state index in [1.807, 2.05) is 32.9 Å². The standard InChI is InChI=1S/C19H26N4O5/c1-19(2,3)28-18(24)22(4)10-12-27-11-9-20-17-14-7-5-6-8-15(14)21-13-16(17)23(25)26/h5-8,13H,9-12H2,1-4H3,(H,20,21). The number of carbonyl (C=O) groups excluding carboxylic acids is 1. The van der Waals surface area contributed by atoms with Crippen LogP contribution in [0.5, 0.6) is 0 Å².